The standard InChI is InChI=1S/C17H27FN2/c1-4-10-19-13(3)16-11-15(18)8-9-17(16)20(5-2)12-14-6-7-14/h8-9,11,13-14,19H,4-7,10,12H2,1-3H3. The first-order valence-corrected chi connectivity index (χ1v) is 7.93. The van der Waals surface area contributed by atoms with Crippen LogP contribution in [-0.2, 0) is 0 Å². The van der Waals surface area contributed by atoms with Gasteiger partial charge in [0.1, 0.15) is 5.82 Å². The molecule has 0 spiro atoms. The molecule has 0 bridgehead atoms. The minimum Gasteiger partial charge on any atom is -0.371 e. The van der Waals surface area contributed by atoms with Crippen molar-refractivity contribution in [1.29, 1.82) is 0 Å². The molecule has 1 aromatic carbocycles. The fourth-order valence-electron chi connectivity index (χ4n) is 2.64. The van der Waals surface area contributed by atoms with Crippen molar-refractivity contribution in [3.8, 4) is 0 Å². The number of halogens is 1. The maximum Gasteiger partial charge on any atom is 0.123 e. The van der Waals surface area contributed by atoms with Crippen LogP contribution in [-0.4, -0.2) is 19.6 Å². The van der Waals surface area contributed by atoms with Crippen molar-refractivity contribution in [1.82, 2.24) is 5.32 Å². The van der Waals surface area contributed by atoms with Crippen LogP contribution in [0, 0.1) is 11.7 Å². The smallest absolute Gasteiger partial charge is 0.123 e. The van der Waals surface area contributed by atoms with E-state index in [4.69, 9.17) is 0 Å². The molecule has 1 saturated carbocycles. The predicted molar refractivity (Wildman–Crippen MR) is 83.7 cm³/mol. The summed E-state index contributed by atoms with van der Waals surface area (Å²) >= 11 is 0. The Bertz CT molecular complexity index is 429. The molecule has 1 atom stereocenters. The van der Waals surface area contributed by atoms with Crippen LogP contribution in [0.5, 0.6) is 0 Å². The van der Waals surface area contributed by atoms with Crippen LogP contribution in [0.1, 0.15) is 51.6 Å². The van der Waals surface area contributed by atoms with Crippen molar-refractivity contribution in [2.24, 2.45) is 5.92 Å². The molecule has 2 nitrogen and oxygen atoms in total. The SMILES string of the molecule is CCCNC(C)c1cc(F)ccc1N(CC)CC1CC1. The Hall–Kier alpha value is -1.09. The van der Waals surface area contributed by atoms with E-state index in [9.17, 15) is 4.39 Å². The van der Waals surface area contributed by atoms with Gasteiger partial charge < -0.3 is 10.2 Å². The quantitative estimate of drug-likeness (QED) is 0.769. The molecule has 0 aromatic heterocycles. The lowest BCUT2D eigenvalue weighted by atomic mass is 10.0. The molecule has 0 saturated heterocycles. The van der Waals surface area contributed by atoms with Gasteiger partial charge in [-0.15, -0.1) is 0 Å². The normalized spacial score (nSPS) is 16.2. The van der Waals surface area contributed by atoms with Crippen LogP contribution < -0.4 is 10.2 Å². The fourth-order valence-corrected chi connectivity index (χ4v) is 2.64. The highest BCUT2D eigenvalue weighted by Crippen LogP contribution is 2.34. The van der Waals surface area contributed by atoms with Gasteiger partial charge in [0.2, 0.25) is 0 Å². The van der Waals surface area contributed by atoms with Crippen LogP contribution >= 0.6 is 0 Å². The third-order valence-corrected chi connectivity index (χ3v) is 4.05. The maximum absolute atomic E-state index is 13.6. The first-order valence-electron chi connectivity index (χ1n) is 7.93. The van der Waals surface area contributed by atoms with Gasteiger partial charge in [-0.3, -0.25) is 0 Å². The maximum atomic E-state index is 13.6. The van der Waals surface area contributed by atoms with Crippen molar-refractivity contribution in [2.75, 3.05) is 24.5 Å². The molecule has 0 heterocycles. The lowest BCUT2D eigenvalue weighted by Gasteiger charge is -2.28. The third-order valence-electron chi connectivity index (χ3n) is 4.05. The molecular formula is C17H27FN2. The minimum atomic E-state index is -0.142. The monoisotopic (exact) mass is 278 g/mol. The molecule has 1 aliphatic carbocycles. The Labute approximate surface area is 122 Å². The first kappa shape index (κ1) is 15.3. The van der Waals surface area contributed by atoms with E-state index >= 15 is 0 Å². The van der Waals surface area contributed by atoms with Crippen molar-refractivity contribution >= 4 is 5.69 Å². The van der Waals surface area contributed by atoms with Crippen molar-refractivity contribution in [2.45, 2.75) is 46.1 Å². The largest absolute Gasteiger partial charge is 0.371 e. The molecule has 0 amide bonds. The van der Waals surface area contributed by atoms with E-state index in [2.05, 4.69) is 31.0 Å². The Kier molecular flexibility index (Phi) is 5.41. The van der Waals surface area contributed by atoms with E-state index in [-0.39, 0.29) is 11.9 Å². The molecule has 0 radical (unpaired) electrons. The second-order valence-corrected chi connectivity index (χ2v) is 5.86. The van der Waals surface area contributed by atoms with Gasteiger partial charge in [0.15, 0.2) is 0 Å². The summed E-state index contributed by atoms with van der Waals surface area (Å²) < 4.78 is 13.6. The van der Waals surface area contributed by atoms with Gasteiger partial charge in [-0.05, 0) is 69.3 Å². The average Bonchev–Trinajstić information content (AvgIpc) is 3.26. The summed E-state index contributed by atoms with van der Waals surface area (Å²) in [5.41, 5.74) is 2.28. The van der Waals surface area contributed by atoms with Gasteiger partial charge in [-0.25, -0.2) is 4.39 Å². The highest BCUT2D eigenvalue weighted by atomic mass is 19.1. The van der Waals surface area contributed by atoms with Crippen molar-refractivity contribution < 1.29 is 4.39 Å². The van der Waals surface area contributed by atoms with Crippen LogP contribution in [0.4, 0.5) is 10.1 Å². The van der Waals surface area contributed by atoms with Crippen LogP contribution in [0.15, 0.2) is 18.2 Å². The molecule has 1 aromatic rings. The van der Waals surface area contributed by atoms with Gasteiger partial charge in [-0.2, -0.15) is 0 Å². The molecule has 1 unspecified atom stereocenters. The summed E-state index contributed by atoms with van der Waals surface area (Å²) in [6.07, 6.45) is 3.78. The van der Waals surface area contributed by atoms with Gasteiger partial charge in [0.25, 0.3) is 0 Å². The van der Waals surface area contributed by atoms with Crippen LogP contribution in [0.2, 0.25) is 0 Å². The molecule has 1 N–H and O–H groups in total. The second kappa shape index (κ2) is 7.07. The number of anilines is 1. The van der Waals surface area contributed by atoms with Gasteiger partial charge >= 0.3 is 0 Å². The molecule has 3 heteroatoms. The first-order chi connectivity index (χ1) is 9.65. The van der Waals surface area contributed by atoms with E-state index < -0.39 is 0 Å². The van der Waals surface area contributed by atoms with Crippen molar-refractivity contribution in [3.63, 3.8) is 0 Å². The zero-order chi connectivity index (χ0) is 14.5. The van der Waals surface area contributed by atoms with Crippen LogP contribution in [0.3, 0.4) is 0 Å². The summed E-state index contributed by atoms with van der Waals surface area (Å²) in [6.45, 7) is 9.51. The molecular weight excluding hydrogens is 251 g/mol. The molecule has 0 aliphatic heterocycles. The molecule has 112 valence electrons. The Balaban J connectivity index is 2.20. The molecule has 1 aliphatic rings. The lowest BCUT2D eigenvalue weighted by molar-refractivity contribution is 0.559. The fraction of sp³-hybridized carbons (Fsp3) is 0.647. The van der Waals surface area contributed by atoms with E-state index in [0.717, 1.165) is 37.5 Å². The topological polar surface area (TPSA) is 15.3 Å². The summed E-state index contributed by atoms with van der Waals surface area (Å²) in [4.78, 5) is 2.40. The number of benzene rings is 1. The van der Waals surface area contributed by atoms with Crippen molar-refractivity contribution in [3.05, 3.63) is 29.6 Å². The molecule has 20 heavy (non-hydrogen) atoms. The zero-order valence-electron chi connectivity index (χ0n) is 13.0. The summed E-state index contributed by atoms with van der Waals surface area (Å²) in [5.74, 6) is 0.697. The van der Waals surface area contributed by atoms with E-state index in [1.165, 1.54) is 18.5 Å². The molecule has 1 fully saturated rings. The lowest BCUT2D eigenvalue weighted by Crippen LogP contribution is -2.28. The third kappa shape index (κ3) is 3.95. The Morgan fingerprint density at radius 1 is 1.35 bits per heavy atom. The predicted octanol–water partition coefficient (Wildman–Crippen LogP) is 4.12. The summed E-state index contributed by atoms with van der Waals surface area (Å²) in [6, 6.07) is 5.41. The highest BCUT2D eigenvalue weighted by Gasteiger charge is 2.25. The summed E-state index contributed by atoms with van der Waals surface area (Å²) in [7, 11) is 0. The number of nitrogens with one attached hydrogen (secondary N) is 1. The van der Waals surface area contributed by atoms with Gasteiger partial charge in [0, 0.05) is 24.8 Å². The van der Waals surface area contributed by atoms with Gasteiger partial charge in [-0.1, -0.05) is 6.92 Å². The van der Waals surface area contributed by atoms with E-state index in [1.54, 1.807) is 12.1 Å². The van der Waals surface area contributed by atoms with E-state index in [0.29, 0.717) is 0 Å². The zero-order valence-corrected chi connectivity index (χ0v) is 13.0. The highest BCUT2D eigenvalue weighted by molar-refractivity contribution is 5.55. The second-order valence-electron chi connectivity index (χ2n) is 5.86. The van der Waals surface area contributed by atoms with Gasteiger partial charge in [0.05, 0.1) is 0 Å². The number of hydrogen-bond donors (Lipinski definition) is 1. The minimum absolute atomic E-state index is 0.142. The Morgan fingerprint density at radius 2 is 2.10 bits per heavy atom. The number of hydrogen-bond acceptors (Lipinski definition) is 2. The molecule has 2 rings (SSSR count). The van der Waals surface area contributed by atoms with E-state index in [1.807, 2.05) is 6.07 Å². The average molecular weight is 278 g/mol. The number of nitrogens with zero attached hydrogens (tertiary/aromatic N) is 1. The van der Waals surface area contributed by atoms with Crippen LogP contribution in [0.25, 0.3) is 0 Å². The Morgan fingerprint density at radius 3 is 2.70 bits per heavy atom. The summed E-state index contributed by atoms with van der Waals surface area (Å²) in [5, 5.41) is 3.47. The number of rotatable bonds is 8.